The SMILES string of the molecule is Cc1c(NC(=O)COC(=O)c2ccccc2O)c(=O)n(-c2ccccc2)n1C. The molecule has 144 valence electrons. The van der Waals surface area contributed by atoms with Gasteiger partial charge in [-0.25, -0.2) is 9.48 Å². The largest absolute Gasteiger partial charge is 0.507 e. The molecule has 0 aliphatic carbocycles. The lowest BCUT2D eigenvalue weighted by molar-refractivity contribution is -0.119. The monoisotopic (exact) mass is 381 g/mol. The van der Waals surface area contributed by atoms with E-state index in [1.807, 2.05) is 6.07 Å². The van der Waals surface area contributed by atoms with Crippen LogP contribution in [0.4, 0.5) is 5.69 Å². The summed E-state index contributed by atoms with van der Waals surface area (Å²) in [6, 6.07) is 14.9. The topological polar surface area (TPSA) is 103 Å². The number of nitrogens with one attached hydrogen (secondary N) is 1. The second-order valence-corrected chi connectivity index (χ2v) is 6.08. The van der Waals surface area contributed by atoms with Crippen molar-refractivity contribution in [2.75, 3.05) is 11.9 Å². The van der Waals surface area contributed by atoms with Crippen LogP contribution in [-0.4, -0.2) is 33.0 Å². The average Bonchev–Trinajstić information content (AvgIpc) is 2.90. The number of nitrogens with zero attached hydrogens (tertiary/aromatic N) is 2. The van der Waals surface area contributed by atoms with Crippen LogP contribution in [-0.2, 0) is 16.6 Å². The molecule has 0 unspecified atom stereocenters. The fourth-order valence-electron chi connectivity index (χ4n) is 2.74. The van der Waals surface area contributed by atoms with Crippen LogP contribution in [0.2, 0.25) is 0 Å². The minimum atomic E-state index is -0.834. The highest BCUT2D eigenvalue weighted by molar-refractivity contribution is 5.96. The summed E-state index contributed by atoms with van der Waals surface area (Å²) in [4.78, 5) is 36.9. The van der Waals surface area contributed by atoms with Crippen molar-refractivity contribution in [3.63, 3.8) is 0 Å². The standard InChI is InChI=1S/C20H19N3O5/c1-13-18(19(26)23(22(13)2)14-8-4-3-5-9-14)21-17(25)12-28-20(27)15-10-6-7-11-16(15)24/h3-11,24H,12H2,1-2H3,(H,21,25). The molecule has 1 aromatic heterocycles. The van der Waals surface area contributed by atoms with Gasteiger partial charge in [0.15, 0.2) is 6.61 Å². The number of anilines is 1. The molecule has 1 amide bonds. The molecule has 2 aromatic carbocycles. The van der Waals surface area contributed by atoms with E-state index in [-0.39, 0.29) is 17.0 Å². The first-order valence-corrected chi connectivity index (χ1v) is 8.49. The molecule has 0 radical (unpaired) electrons. The van der Waals surface area contributed by atoms with Gasteiger partial charge in [0, 0.05) is 7.05 Å². The van der Waals surface area contributed by atoms with Gasteiger partial charge >= 0.3 is 5.97 Å². The number of amides is 1. The summed E-state index contributed by atoms with van der Waals surface area (Å²) in [6.45, 7) is 1.11. The number of ether oxygens (including phenoxy) is 1. The summed E-state index contributed by atoms with van der Waals surface area (Å²) in [5.41, 5.74) is 0.873. The first-order valence-electron chi connectivity index (χ1n) is 8.49. The van der Waals surface area contributed by atoms with Gasteiger partial charge in [0.05, 0.1) is 11.4 Å². The zero-order valence-corrected chi connectivity index (χ0v) is 15.4. The van der Waals surface area contributed by atoms with Crippen LogP contribution in [0.25, 0.3) is 5.69 Å². The summed E-state index contributed by atoms with van der Waals surface area (Å²) in [5, 5.41) is 12.1. The van der Waals surface area contributed by atoms with E-state index in [1.165, 1.54) is 16.8 Å². The zero-order chi connectivity index (χ0) is 20.3. The van der Waals surface area contributed by atoms with Crippen molar-refractivity contribution in [2.24, 2.45) is 7.05 Å². The molecule has 0 spiro atoms. The fraction of sp³-hybridized carbons (Fsp3) is 0.150. The number of hydrogen-bond acceptors (Lipinski definition) is 5. The molecule has 0 saturated heterocycles. The lowest BCUT2D eigenvalue weighted by Gasteiger charge is -2.07. The molecule has 0 aliphatic heterocycles. The average molecular weight is 381 g/mol. The molecule has 8 heteroatoms. The first kappa shape index (κ1) is 19.0. The van der Waals surface area contributed by atoms with Gasteiger partial charge in [0.25, 0.3) is 11.5 Å². The van der Waals surface area contributed by atoms with Crippen LogP contribution in [0, 0.1) is 6.92 Å². The molecule has 1 heterocycles. The molecule has 0 atom stereocenters. The number of phenolic OH excluding ortho intramolecular Hbond substituents is 1. The number of carbonyl (C=O) groups excluding carboxylic acids is 2. The van der Waals surface area contributed by atoms with Crippen LogP contribution in [0.3, 0.4) is 0 Å². The number of aromatic hydroxyl groups is 1. The Labute approximate surface area is 160 Å². The number of carbonyl (C=O) groups is 2. The van der Waals surface area contributed by atoms with E-state index >= 15 is 0 Å². The lowest BCUT2D eigenvalue weighted by atomic mass is 10.2. The van der Waals surface area contributed by atoms with Crippen LogP contribution in [0.15, 0.2) is 59.4 Å². The molecule has 0 aliphatic rings. The minimum absolute atomic E-state index is 0.0439. The van der Waals surface area contributed by atoms with E-state index in [0.29, 0.717) is 11.4 Å². The molecule has 8 nitrogen and oxygen atoms in total. The number of benzene rings is 2. The Morgan fingerprint density at radius 1 is 1.07 bits per heavy atom. The number of esters is 1. The maximum absolute atomic E-state index is 12.7. The van der Waals surface area contributed by atoms with Gasteiger partial charge in [-0.15, -0.1) is 0 Å². The van der Waals surface area contributed by atoms with Crippen molar-refractivity contribution in [3.8, 4) is 11.4 Å². The Kier molecular flexibility index (Phi) is 5.30. The third-order valence-electron chi connectivity index (χ3n) is 4.28. The van der Waals surface area contributed by atoms with Gasteiger partial charge in [-0.1, -0.05) is 30.3 Å². The Balaban J connectivity index is 1.74. The molecule has 2 N–H and O–H groups in total. The first-order chi connectivity index (χ1) is 13.4. The highest BCUT2D eigenvalue weighted by atomic mass is 16.5. The maximum atomic E-state index is 12.7. The van der Waals surface area contributed by atoms with Gasteiger partial charge in [0.1, 0.15) is 17.0 Å². The molecule has 0 fully saturated rings. The minimum Gasteiger partial charge on any atom is -0.507 e. The van der Waals surface area contributed by atoms with Crippen molar-refractivity contribution in [1.82, 2.24) is 9.36 Å². The Hall–Kier alpha value is -3.81. The summed E-state index contributed by atoms with van der Waals surface area (Å²) in [7, 11) is 1.71. The highest BCUT2D eigenvalue weighted by Gasteiger charge is 2.19. The second kappa shape index (κ2) is 7.83. The summed E-state index contributed by atoms with van der Waals surface area (Å²) in [6.07, 6.45) is 0. The van der Waals surface area contributed by atoms with E-state index in [9.17, 15) is 19.5 Å². The quantitative estimate of drug-likeness (QED) is 0.658. The third kappa shape index (κ3) is 3.66. The lowest BCUT2D eigenvalue weighted by Crippen LogP contribution is -2.25. The van der Waals surface area contributed by atoms with Crippen LogP contribution >= 0.6 is 0 Å². The molecule has 0 bridgehead atoms. The van der Waals surface area contributed by atoms with Crippen molar-refractivity contribution < 1.29 is 19.4 Å². The number of aromatic nitrogens is 2. The molecule has 3 rings (SSSR count). The number of para-hydroxylation sites is 2. The Morgan fingerprint density at radius 3 is 2.39 bits per heavy atom. The predicted molar refractivity (Wildman–Crippen MR) is 103 cm³/mol. The maximum Gasteiger partial charge on any atom is 0.342 e. The fourth-order valence-corrected chi connectivity index (χ4v) is 2.74. The second-order valence-electron chi connectivity index (χ2n) is 6.08. The zero-order valence-electron chi connectivity index (χ0n) is 15.4. The van der Waals surface area contributed by atoms with Gasteiger partial charge in [-0.3, -0.25) is 14.3 Å². The molecular formula is C20H19N3O5. The van der Waals surface area contributed by atoms with E-state index in [0.717, 1.165) is 0 Å². The summed E-state index contributed by atoms with van der Waals surface area (Å²) < 4.78 is 7.97. The van der Waals surface area contributed by atoms with Crippen molar-refractivity contribution >= 4 is 17.6 Å². The van der Waals surface area contributed by atoms with Crippen LogP contribution in [0.1, 0.15) is 16.1 Å². The van der Waals surface area contributed by atoms with Crippen molar-refractivity contribution in [2.45, 2.75) is 6.92 Å². The van der Waals surface area contributed by atoms with Crippen molar-refractivity contribution in [3.05, 3.63) is 76.2 Å². The normalized spacial score (nSPS) is 10.5. The van der Waals surface area contributed by atoms with Gasteiger partial charge in [0.2, 0.25) is 0 Å². The highest BCUT2D eigenvalue weighted by Crippen LogP contribution is 2.17. The van der Waals surface area contributed by atoms with Crippen molar-refractivity contribution in [1.29, 1.82) is 0 Å². The molecule has 0 saturated carbocycles. The van der Waals surface area contributed by atoms with Gasteiger partial charge in [-0.05, 0) is 31.2 Å². The number of hydrogen-bond donors (Lipinski definition) is 2. The van der Waals surface area contributed by atoms with Gasteiger partial charge < -0.3 is 15.2 Å². The smallest absolute Gasteiger partial charge is 0.342 e. The third-order valence-corrected chi connectivity index (χ3v) is 4.28. The predicted octanol–water partition coefficient (Wildman–Crippen LogP) is 1.99. The van der Waals surface area contributed by atoms with Crippen LogP contribution in [0.5, 0.6) is 5.75 Å². The number of phenols is 1. The summed E-state index contributed by atoms with van der Waals surface area (Å²) in [5.74, 6) is -1.73. The molecule has 28 heavy (non-hydrogen) atoms. The Bertz CT molecular complexity index is 1080. The van der Waals surface area contributed by atoms with E-state index in [4.69, 9.17) is 4.74 Å². The van der Waals surface area contributed by atoms with Crippen LogP contribution < -0.4 is 10.9 Å². The molecular weight excluding hydrogens is 362 g/mol. The van der Waals surface area contributed by atoms with E-state index < -0.39 is 24.0 Å². The van der Waals surface area contributed by atoms with E-state index in [2.05, 4.69) is 5.32 Å². The molecule has 3 aromatic rings. The van der Waals surface area contributed by atoms with E-state index in [1.54, 1.807) is 55.1 Å². The summed E-state index contributed by atoms with van der Waals surface area (Å²) >= 11 is 0. The Morgan fingerprint density at radius 2 is 1.71 bits per heavy atom. The number of rotatable bonds is 5. The van der Waals surface area contributed by atoms with Gasteiger partial charge in [-0.2, -0.15) is 0 Å².